The van der Waals surface area contributed by atoms with Gasteiger partial charge in [-0.15, -0.1) is 6.58 Å². The van der Waals surface area contributed by atoms with Crippen molar-refractivity contribution in [2.75, 3.05) is 33.5 Å². The molecule has 2 rings (SSSR count). The van der Waals surface area contributed by atoms with Gasteiger partial charge in [-0.05, 0) is 6.42 Å². The zero-order chi connectivity index (χ0) is 13.0. The van der Waals surface area contributed by atoms with Gasteiger partial charge in [-0.25, -0.2) is 4.99 Å². The van der Waals surface area contributed by atoms with Crippen LogP contribution >= 0.6 is 0 Å². The van der Waals surface area contributed by atoms with Crippen molar-refractivity contribution in [1.29, 1.82) is 0 Å². The molecule has 100 valence electrons. The maximum absolute atomic E-state index is 4.68. The van der Waals surface area contributed by atoms with Crippen LogP contribution in [0.25, 0.3) is 0 Å². The van der Waals surface area contributed by atoms with E-state index in [4.69, 9.17) is 0 Å². The fourth-order valence-corrected chi connectivity index (χ4v) is 2.48. The summed E-state index contributed by atoms with van der Waals surface area (Å²) in [6.07, 6.45) is 7.95. The minimum Gasteiger partial charge on any atom is -0.361 e. The molecule has 0 aromatic rings. The second kappa shape index (κ2) is 5.94. The van der Waals surface area contributed by atoms with Gasteiger partial charge in [-0.2, -0.15) is 0 Å². The molecular weight excluding hydrogens is 224 g/mol. The third-order valence-corrected chi connectivity index (χ3v) is 3.38. The fraction of sp³-hybridized carbons (Fsp3) is 0.643. The van der Waals surface area contributed by atoms with Crippen molar-refractivity contribution in [2.45, 2.75) is 26.2 Å². The number of aliphatic imine (C=N–C) groups is 1. The van der Waals surface area contributed by atoms with Crippen LogP contribution in [-0.2, 0) is 0 Å². The first kappa shape index (κ1) is 13.0. The van der Waals surface area contributed by atoms with Gasteiger partial charge in [0, 0.05) is 26.3 Å². The van der Waals surface area contributed by atoms with Crippen molar-refractivity contribution < 1.29 is 0 Å². The zero-order valence-electron chi connectivity index (χ0n) is 11.6. The highest BCUT2D eigenvalue weighted by atomic mass is 15.4. The number of amidine groups is 1. The number of unbranched alkanes of at least 4 members (excludes halogenated alkanes) is 2. The van der Waals surface area contributed by atoms with E-state index in [1.165, 1.54) is 30.8 Å². The second-order valence-electron chi connectivity index (χ2n) is 5.02. The van der Waals surface area contributed by atoms with Crippen molar-refractivity contribution in [3.05, 3.63) is 24.6 Å². The molecule has 0 unspecified atom stereocenters. The lowest BCUT2D eigenvalue weighted by Crippen LogP contribution is -2.44. The van der Waals surface area contributed by atoms with Gasteiger partial charge >= 0.3 is 0 Å². The van der Waals surface area contributed by atoms with E-state index < -0.39 is 0 Å². The van der Waals surface area contributed by atoms with E-state index in [1.807, 2.05) is 6.08 Å². The lowest BCUT2D eigenvalue weighted by Gasteiger charge is -2.35. The highest BCUT2D eigenvalue weighted by Gasteiger charge is 2.29. The Labute approximate surface area is 110 Å². The van der Waals surface area contributed by atoms with Gasteiger partial charge in [0.2, 0.25) is 0 Å². The maximum Gasteiger partial charge on any atom is 0.152 e. The minimum atomic E-state index is 0.769. The third kappa shape index (κ3) is 2.68. The monoisotopic (exact) mass is 248 g/mol. The van der Waals surface area contributed by atoms with E-state index in [2.05, 4.69) is 46.4 Å². The number of hydrogen-bond acceptors (Lipinski definition) is 4. The molecule has 4 nitrogen and oxygen atoms in total. The lowest BCUT2D eigenvalue weighted by molar-refractivity contribution is 0.256. The molecule has 0 saturated carbocycles. The lowest BCUT2D eigenvalue weighted by atomic mass is 10.2. The average Bonchev–Trinajstić information content (AvgIpc) is 2.73. The van der Waals surface area contributed by atoms with Crippen LogP contribution in [0.1, 0.15) is 26.2 Å². The van der Waals surface area contributed by atoms with Crippen molar-refractivity contribution >= 4 is 5.84 Å². The summed E-state index contributed by atoms with van der Waals surface area (Å²) in [5, 5.41) is 0. The summed E-state index contributed by atoms with van der Waals surface area (Å²) in [4.78, 5) is 11.6. The fourth-order valence-electron chi connectivity index (χ4n) is 2.48. The Morgan fingerprint density at radius 2 is 2.22 bits per heavy atom. The standard InChI is InChI=1S/C14H24N4/c1-4-6-7-9-18-12-16(3)10-13-14(18)15-11-17(13)8-5-2/h5,10H,2,4,6-9,11-12H2,1,3H3. The first-order chi connectivity index (χ1) is 8.76. The van der Waals surface area contributed by atoms with Crippen molar-refractivity contribution in [2.24, 2.45) is 4.99 Å². The summed E-state index contributed by atoms with van der Waals surface area (Å²) in [5.41, 5.74) is 1.25. The molecule has 0 N–H and O–H groups in total. The van der Waals surface area contributed by atoms with Gasteiger partial charge in [0.1, 0.15) is 6.67 Å². The minimum absolute atomic E-state index is 0.769. The molecule has 0 radical (unpaired) electrons. The quantitative estimate of drug-likeness (QED) is 0.531. The molecule has 4 heteroatoms. The van der Waals surface area contributed by atoms with Gasteiger partial charge in [0.25, 0.3) is 0 Å². The summed E-state index contributed by atoms with van der Waals surface area (Å²) in [6.45, 7) is 9.76. The highest BCUT2D eigenvalue weighted by Crippen LogP contribution is 2.22. The van der Waals surface area contributed by atoms with Crippen LogP contribution in [0, 0.1) is 0 Å². The van der Waals surface area contributed by atoms with Crippen LogP contribution in [0.2, 0.25) is 0 Å². The number of nitrogens with zero attached hydrogens (tertiary/aromatic N) is 4. The van der Waals surface area contributed by atoms with E-state index in [-0.39, 0.29) is 0 Å². The Hall–Kier alpha value is -1.45. The smallest absolute Gasteiger partial charge is 0.152 e. The average molecular weight is 248 g/mol. The number of fused-ring (bicyclic) bond motifs is 1. The summed E-state index contributed by atoms with van der Waals surface area (Å²) >= 11 is 0. The van der Waals surface area contributed by atoms with Gasteiger partial charge in [0.05, 0.1) is 12.4 Å². The molecule has 0 aliphatic carbocycles. The van der Waals surface area contributed by atoms with E-state index >= 15 is 0 Å². The summed E-state index contributed by atoms with van der Waals surface area (Å²) in [7, 11) is 2.13. The Bertz CT molecular complexity index is 359. The van der Waals surface area contributed by atoms with Crippen molar-refractivity contribution in [3.63, 3.8) is 0 Å². The topological polar surface area (TPSA) is 22.1 Å². The number of hydrogen-bond donors (Lipinski definition) is 0. The molecule has 0 saturated heterocycles. The molecule has 0 aromatic heterocycles. The van der Waals surface area contributed by atoms with Crippen LogP contribution in [0.5, 0.6) is 0 Å². The Morgan fingerprint density at radius 1 is 1.39 bits per heavy atom. The van der Waals surface area contributed by atoms with E-state index in [0.717, 1.165) is 26.4 Å². The van der Waals surface area contributed by atoms with Crippen molar-refractivity contribution in [3.8, 4) is 0 Å². The highest BCUT2D eigenvalue weighted by molar-refractivity contribution is 5.99. The Kier molecular flexibility index (Phi) is 4.28. The Morgan fingerprint density at radius 3 is 2.94 bits per heavy atom. The van der Waals surface area contributed by atoms with Gasteiger partial charge < -0.3 is 14.7 Å². The van der Waals surface area contributed by atoms with Crippen LogP contribution in [0.4, 0.5) is 0 Å². The molecule has 0 aromatic carbocycles. The second-order valence-corrected chi connectivity index (χ2v) is 5.02. The van der Waals surface area contributed by atoms with E-state index in [9.17, 15) is 0 Å². The molecule has 0 fully saturated rings. The van der Waals surface area contributed by atoms with Crippen LogP contribution < -0.4 is 0 Å². The van der Waals surface area contributed by atoms with Gasteiger partial charge in [-0.1, -0.05) is 25.8 Å². The summed E-state index contributed by atoms with van der Waals surface area (Å²) in [5.74, 6) is 1.17. The number of rotatable bonds is 6. The first-order valence-electron chi connectivity index (χ1n) is 6.84. The van der Waals surface area contributed by atoms with E-state index in [0.29, 0.717) is 0 Å². The molecule has 18 heavy (non-hydrogen) atoms. The first-order valence-corrected chi connectivity index (χ1v) is 6.84. The van der Waals surface area contributed by atoms with Crippen LogP contribution in [-0.4, -0.2) is 54.0 Å². The molecule has 0 bridgehead atoms. The SMILES string of the molecule is C=CCN1CN=C2C1=CN(C)CN2CCCCC. The molecule has 2 heterocycles. The van der Waals surface area contributed by atoms with E-state index in [1.54, 1.807) is 0 Å². The predicted molar refractivity (Wildman–Crippen MR) is 76.1 cm³/mol. The molecule has 0 atom stereocenters. The molecular formula is C14H24N4. The summed E-state index contributed by atoms with van der Waals surface area (Å²) < 4.78 is 0. The van der Waals surface area contributed by atoms with Crippen molar-refractivity contribution in [1.82, 2.24) is 14.7 Å². The van der Waals surface area contributed by atoms with Gasteiger partial charge in [0.15, 0.2) is 5.84 Å². The Balaban J connectivity index is 2.04. The van der Waals surface area contributed by atoms with Gasteiger partial charge in [-0.3, -0.25) is 0 Å². The predicted octanol–water partition coefficient (Wildman–Crippen LogP) is 2.08. The molecule has 0 spiro atoms. The third-order valence-electron chi connectivity index (χ3n) is 3.38. The molecule has 0 amide bonds. The maximum atomic E-state index is 4.68. The zero-order valence-corrected chi connectivity index (χ0v) is 11.6. The van der Waals surface area contributed by atoms with Crippen LogP contribution in [0.3, 0.4) is 0 Å². The normalized spacial score (nSPS) is 18.7. The molecule has 2 aliphatic rings. The largest absolute Gasteiger partial charge is 0.361 e. The van der Waals surface area contributed by atoms with Crippen LogP contribution in [0.15, 0.2) is 29.5 Å². The summed E-state index contributed by atoms with van der Waals surface area (Å²) in [6, 6.07) is 0. The molecule has 2 aliphatic heterocycles.